The number of hydrogen-bond acceptors (Lipinski definition) is 2. The molecule has 0 aromatic heterocycles. The van der Waals surface area contributed by atoms with Gasteiger partial charge in [-0.05, 0) is 46.5 Å². The molecule has 2 aromatic rings. The second-order valence-electron chi connectivity index (χ2n) is 5.78. The molecule has 1 aliphatic heterocycles. The Morgan fingerprint density at radius 1 is 1.20 bits per heavy atom. The van der Waals surface area contributed by atoms with E-state index in [-0.39, 0.29) is 0 Å². The van der Waals surface area contributed by atoms with Crippen molar-refractivity contribution in [2.45, 2.75) is 32.1 Å². The van der Waals surface area contributed by atoms with Crippen LogP contribution in [0.4, 0.5) is 0 Å². The smallest absolute Gasteiger partial charge is 0.0357 e. The van der Waals surface area contributed by atoms with Crippen molar-refractivity contribution < 1.29 is 0 Å². The van der Waals surface area contributed by atoms with Crippen molar-refractivity contribution in [1.29, 1.82) is 0 Å². The minimum Gasteiger partial charge on any atom is -0.310 e. The normalized spacial score (nSPS) is 22.5. The van der Waals surface area contributed by atoms with Gasteiger partial charge in [0, 0.05) is 11.8 Å². The molecule has 106 valence electrons. The van der Waals surface area contributed by atoms with E-state index >= 15 is 0 Å². The molecule has 2 aromatic carbocycles. The van der Waals surface area contributed by atoms with E-state index in [0.29, 0.717) is 12.0 Å². The lowest BCUT2D eigenvalue weighted by Crippen LogP contribution is -2.28. The van der Waals surface area contributed by atoms with Crippen LogP contribution in [0.1, 0.15) is 37.4 Å². The van der Waals surface area contributed by atoms with Crippen LogP contribution in [0.15, 0.2) is 36.4 Å². The first-order valence-electron chi connectivity index (χ1n) is 7.63. The summed E-state index contributed by atoms with van der Waals surface area (Å²) in [5.41, 5.74) is 3.07. The third-order valence-corrected chi connectivity index (χ3v) is 5.48. The summed E-state index contributed by atoms with van der Waals surface area (Å²) in [5.74, 6) is 3.07. The van der Waals surface area contributed by atoms with Crippen LogP contribution in [0.5, 0.6) is 0 Å². The van der Waals surface area contributed by atoms with Gasteiger partial charge in [0.05, 0.1) is 0 Å². The van der Waals surface area contributed by atoms with Crippen LogP contribution in [0.25, 0.3) is 10.8 Å². The molecule has 1 N–H and O–H groups in total. The highest BCUT2D eigenvalue weighted by molar-refractivity contribution is 7.98. The lowest BCUT2D eigenvalue weighted by atomic mass is 9.89. The molecular formula is C18H23NS. The van der Waals surface area contributed by atoms with Crippen molar-refractivity contribution in [3.8, 4) is 0 Å². The molecule has 1 nitrogen and oxygen atoms in total. The van der Waals surface area contributed by atoms with E-state index < -0.39 is 0 Å². The quantitative estimate of drug-likeness (QED) is 0.872. The molecule has 1 heterocycles. The Morgan fingerprint density at radius 2 is 2.05 bits per heavy atom. The van der Waals surface area contributed by atoms with Crippen LogP contribution in [0.3, 0.4) is 0 Å². The predicted molar refractivity (Wildman–Crippen MR) is 90.3 cm³/mol. The van der Waals surface area contributed by atoms with Crippen molar-refractivity contribution in [2.24, 2.45) is 5.92 Å². The summed E-state index contributed by atoms with van der Waals surface area (Å²) in [6.45, 7) is 5.72. The van der Waals surface area contributed by atoms with Gasteiger partial charge in [0.15, 0.2) is 0 Å². The Balaban J connectivity index is 2.10. The highest BCUT2D eigenvalue weighted by Gasteiger charge is 2.25. The molecule has 2 atom stereocenters. The number of thioether (sulfide) groups is 1. The average molecular weight is 285 g/mol. The molecule has 0 spiro atoms. The zero-order valence-electron chi connectivity index (χ0n) is 12.4. The fraction of sp³-hybridized carbons (Fsp3) is 0.444. The van der Waals surface area contributed by atoms with Crippen molar-refractivity contribution in [2.75, 3.05) is 12.3 Å². The molecule has 1 aliphatic rings. The van der Waals surface area contributed by atoms with Gasteiger partial charge in [-0.25, -0.2) is 0 Å². The maximum Gasteiger partial charge on any atom is 0.0357 e. The zero-order chi connectivity index (χ0) is 13.9. The molecule has 0 amide bonds. The van der Waals surface area contributed by atoms with E-state index in [1.54, 1.807) is 5.56 Å². The van der Waals surface area contributed by atoms with E-state index in [9.17, 15) is 0 Å². The average Bonchev–Trinajstić information content (AvgIpc) is 2.64. The summed E-state index contributed by atoms with van der Waals surface area (Å²) in [7, 11) is 0. The minimum absolute atomic E-state index is 0.504. The van der Waals surface area contributed by atoms with Gasteiger partial charge < -0.3 is 5.32 Å². The van der Waals surface area contributed by atoms with Crippen molar-refractivity contribution in [3.63, 3.8) is 0 Å². The molecule has 20 heavy (non-hydrogen) atoms. The third kappa shape index (κ3) is 2.59. The number of hydrogen-bond donors (Lipinski definition) is 1. The van der Waals surface area contributed by atoms with E-state index in [0.717, 1.165) is 12.3 Å². The lowest BCUT2D eigenvalue weighted by Gasteiger charge is -2.25. The molecule has 0 saturated heterocycles. The third-order valence-electron chi connectivity index (χ3n) is 4.22. The Hall–Kier alpha value is -0.990. The Kier molecular flexibility index (Phi) is 4.32. The van der Waals surface area contributed by atoms with Crippen LogP contribution < -0.4 is 5.32 Å². The van der Waals surface area contributed by atoms with E-state index in [2.05, 4.69) is 67.3 Å². The molecule has 0 bridgehead atoms. The van der Waals surface area contributed by atoms with Gasteiger partial charge in [0.1, 0.15) is 0 Å². The van der Waals surface area contributed by atoms with Gasteiger partial charge in [-0.2, -0.15) is 11.8 Å². The maximum absolute atomic E-state index is 3.77. The van der Waals surface area contributed by atoms with Crippen LogP contribution >= 0.6 is 11.8 Å². The molecule has 3 rings (SSSR count). The summed E-state index contributed by atoms with van der Waals surface area (Å²) in [4.78, 5) is 0. The first-order valence-corrected chi connectivity index (χ1v) is 8.78. The molecule has 0 fully saturated rings. The SMILES string of the molecule is CCCNC1c2ccc3ccccc3c2CSCC1C. The molecular weight excluding hydrogens is 262 g/mol. The highest BCUT2D eigenvalue weighted by Crippen LogP contribution is 2.37. The fourth-order valence-electron chi connectivity index (χ4n) is 3.17. The van der Waals surface area contributed by atoms with Gasteiger partial charge in [-0.1, -0.05) is 50.2 Å². The standard InChI is InChI=1S/C18H23NS/c1-3-10-19-18-13(2)11-20-12-17-15-7-5-4-6-14(15)8-9-16(17)18/h4-9,13,18-19H,3,10-12H2,1-2H3. The van der Waals surface area contributed by atoms with Crippen LogP contribution in [0, 0.1) is 5.92 Å². The highest BCUT2D eigenvalue weighted by atomic mass is 32.2. The number of fused-ring (bicyclic) bond motifs is 3. The van der Waals surface area contributed by atoms with Crippen molar-refractivity contribution in [1.82, 2.24) is 5.32 Å². The van der Waals surface area contributed by atoms with Crippen LogP contribution in [0.2, 0.25) is 0 Å². The van der Waals surface area contributed by atoms with Crippen molar-refractivity contribution in [3.05, 3.63) is 47.5 Å². The van der Waals surface area contributed by atoms with E-state index in [1.165, 1.54) is 28.5 Å². The summed E-state index contributed by atoms with van der Waals surface area (Å²) in [6.07, 6.45) is 1.19. The van der Waals surface area contributed by atoms with Gasteiger partial charge >= 0.3 is 0 Å². The molecule has 0 radical (unpaired) electrons. The van der Waals surface area contributed by atoms with E-state index in [1.807, 2.05) is 0 Å². The topological polar surface area (TPSA) is 12.0 Å². The lowest BCUT2D eigenvalue weighted by molar-refractivity contribution is 0.419. The number of benzene rings is 2. The summed E-state index contributed by atoms with van der Waals surface area (Å²) in [6, 6.07) is 13.9. The monoisotopic (exact) mass is 285 g/mol. The first-order chi connectivity index (χ1) is 9.81. The largest absolute Gasteiger partial charge is 0.310 e. The van der Waals surface area contributed by atoms with Gasteiger partial charge in [-0.15, -0.1) is 0 Å². The molecule has 0 saturated carbocycles. The fourth-order valence-corrected chi connectivity index (χ4v) is 4.37. The summed E-state index contributed by atoms with van der Waals surface area (Å²) < 4.78 is 0. The Morgan fingerprint density at radius 3 is 2.90 bits per heavy atom. The predicted octanol–water partition coefficient (Wildman–Crippen LogP) is 4.76. The Labute approximate surface area is 126 Å². The minimum atomic E-state index is 0.504. The maximum atomic E-state index is 3.77. The number of nitrogens with one attached hydrogen (secondary N) is 1. The number of rotatable bonds is 3. The Bertz CT molecular complexity index is 593. The second-order valence-corrected chi connectivity index (χ2v) is 6.81. The summed E-state index contributed by atoms with van der Waals surface area (Å²) in [5, 5.41) is 6.58. The van der Waals surface area contributed by atoms with Crippen LogP contribution in [-0.4, -0.2) is 12.3 Å². The zero-order valence-corrected chi connectivity index (χ0v) is 13.2. The van der Waals surface area contributed by atoms with Gasteiger partial charge in [-0.3, -0.25) is 0 Å². The molecule has 2 unspecified atom stereocenters. The van der Waals surface area contributed by atoms with Gasteiger partial charge in [0.2, 0.25) is 0 Å². The first kappa shape index (κ1) is 14.0. The summed E-state index contributed by atoms with van der Waals surface area (Å²) >= 11 is 2.08. The van der Waals surface area contributed by atoms with E-state index in [4.69, 9.17) is 0 Å². The second kappa shape index (κ2) is 6.19. The molecule has 0 aliphatic carbocycles. The van der Waals surface area contributed by atoms with Crippen LogP contribution in [-0.2, 0) is 5.75 Å². The molecule has 2 heteroatoms. The van der Waals surface area contributed by atoms with Gasteiger partial charge in [0.25, 0.3) is 0 Å². The van der Waals surface area contributed by atoms with Crippen molar-refractivity contribution >= 4 is 22.5 Å².